The third-order valence-electron chi connectivity index (χ3n) is 3.70. The number of nitrogens with one attached hydrogen (secondary N) is 1. The molecule has 0 aromatic carbocycles. The summed E-state index contributed by atoms with van der Waals surface area (Å²) in [5, 5.41) is 2.95. The average molecular weight is 263 g/mol. The number of hydrogen-bond acceptors (Lipinski definition) is 4. The number of hydrogen-bond donors (Lipinski definition) is 2. The third kappa shape index (κ3) is 3.75. The van der Waals surface area contributed by atoms with Crippen molar-refractivity contribution in [2.24, 2.45) is 11.7 Å². The predicted octanol–water partition coefficient (Wildman–Crippen LogP) is 0.840. The van der Waals surface area contributed by atoms with Gasteiger partial charge in [-0.05, 0) is 30.9 Å². The standard InChI is InChI=1S/C14H21N3O2/c1-19-13-5-4-11(7-12(13)15)14(18)17-9-10-3-2-6-16-8-10/h2-3,6,8,11-13H,4-5,7,9,15H2,1H3,(H,17,18)/t11-,12+,13+/m0/s1. The molecule has 1 aromatic rings. The molecule has 1 aliphatic rings. The Labute approximate surface area is 113 Å². The SMILES string of the molecule is CO[C@@H]1CC[C@H](C(=O)NCc2cccnc2)C[C@H]1N. The van der Waals surface area contributed by atoms with Crippen LogP contribution in [0.15, 0.2) is 24.5 Å². The number of carbonyl (C=O) groups excluding carboxylic acids is 1. The topological polar surface area (TPSA) is 77.2 Å². The molecule has 5 heteroatoms. The van der Waals surface area contributed by atoms with E-state index in [0.717, 1.165) is 18.4 Å². The van der Waals surface area contributed by atoms with E-state index < -0.39 is 0 Å². The first-order chi connectivity index (χ1) is 9.20. The number of pyridine rings is 1. The smallest absolute Gasteiger partial charge is 0.223 e. The van der Waals surface area contributed by atoms with Gasteiger partial charge in [0, 0.05) is 38.0 Å². The number of carbonyl (C=O) groups is 1. The number of amides is 1. The highest BCUT2D eigenvalue weighted by molar-refractivity contribution is 5.78. The first-order valence-electron chi connectivity index (χ1n) is 6.65. The molecular weight excluding hydrogens is 242 g/mol. The van der Waals surface area contributed by atoms with Gasteiger partial charge in [0.05, 0.1) is 6.10 Å². The first kappa shape index (κ1) is 14.0. The lowest BCUT2D eigenvalue weighted by Crippen LogP contribution is -2.45. The lowest BCUT2D eigenvalue weighted by atomic mass is 9.83. The van der Waals surface area contributed by atoms with Crippen LogP contribution in [0.25, 0.3) is 0 Å². The zero-order valence-corrected chi connectivity index (χ0v) is 11.2. The van der Waals surface area contributed by atoms with Crippen LogP contribution in [0.1, 0.15) is 24.8 Å². The molecule has 1 heterocycles. The van der Waals surface area contributed by atoms with Crippen molar-refractivity contribution in [3.63, 3.8) is 0 Å². The molecule has 3 atom stereocenters. The van der Waals surface area contributed by atoms with E-state index in [2.05, 4.69) is 10.3 Å². The summed E-state index contributed by atoms with van der Waals surface area (Å²) in [5.41, 5.74) is 7.02. The van der Waals surface area contributed by atoms with Crippen molar-refractivity contribution in [1.82, 2.24) is 10.3 Å². The van der Waals surface area contributed by atoms with Crippen LogP contribution in [0.5, 0.6) is 0 Å². The average Bonchev–Trinajstić information content (AvgIpc) is 2.45. The zero-order chi connectivity index (χ0) is 13.7. The molecule has 1 aliphatic carbocycles. The maximum atomic E-state index is 12.1. The van der Waals surface area contributed by atoms with Crippen molar-refractivity contribution < 1.29 is 9.53 Å². The van der Waals surface area contributed by atoms with E-state index in [0.29, 0.717) is 13.0 Å². The van der Waals surface area contributed by atoms with Crippen molar-refractivity contribution in [2.45, 2.75) is 38.0 Å². The fourth-order valence-electron chi connectivity index (χ4n) is 2.54. The monoisotopic (exact) mass is 263 g/mol. The highest BCUT2D eigenvalue weighted by Gasteiger charge is 2.31. The summed E-state index contributed by atoms with van der Waals surface area (Å²) in [6.45, 7) is 0.520. The van der Waals surface area contributed by atoms with Crippen LogP contribution < -0.4 is 11.1 Å². The summed E-state index contributed by atoms with van der Waals surface area (Å²) in [4.78, 5) is 16.1. The summed E-state index contributed by atoms with van der Waals surface area (Å²) >= 11 is 0. The zero-order valence-electron chi connectivity index (χ0n) is 11.2. The van der Waals surface area contributed by atoms with Crippen molar-refractivity contribution in [2.75, 3.05) is 7.11 Å². The van der Waals surface area contributed by atoms with Gasteiger partial charge in [-0.15, -0.1) is 0 Å². The largest absolute Gasteiger partial charge is 0.380 e. The van der Waals surface area contributed by atoms with Crippen molar-refractivity contribution in [3.8, 4) is 0 Å². The van der Waals surface area contributed by atoms with Crippen LogP contribution in [0.2, 0.25) is 0 Å². The van der Waals surface area contributed by atoms with Gasteiger partial charge in [0.15, 0.2) is 0 Å². The summed E-state index contributed by atoms with van der Waals surface area (Å²) in [6.07, 6.45) is 5.94. The second-order valence-corrected chi connectivity index (χ2v) is 5.03. The Hall–Kier alpha value is -1.46. The minimum absolute atomic E-state index is 0.00179. The third-order valence-corrected chi connectivity index (χ3v) is 3.70. The summed E-state index contributed by atoms with van der Waals surface area (Å²) in [7, 11) is 1.67. The Morgan fingerprint density at radius 1 is 1.58 bits per heavy atom. The van der Waals surface area contributed by atoms with E-state index in [4.69, 9.17) is 10.5 Å². The van der Waals surface area contributed by atoms with Gasteiger partial charge in [-0.3, -0.25) is 9.78 Å². The maximum absolute atomic E-state index is 12.1. The fraction of sp³-hybridized carbons (Fsp3) is 0.571. The fourth-order valence-corrected chi connectivity index (χ4v) is 2.54. The second-order valence-electron chi connectivity index (χ2n) is 5.03. The minimum atomic E-state index is -0.0482. The normalized spacial score (nSPS) is 26.9. The van der Waals surface area contributed by atoms with Crippen LogP contribution in [0.3, 0.4) is 0 Å². The molecule has 104 valence electrons. The van der Waals surface area contributed by atoms with Gasteiger partial charge in [0.2, 0.25) is 5.91 Å². The molecule has 0 unspecified atom stereocenters. The van der Waals surface area contributed by atoms with E-state index in [1.165, 1.54) is 0 Å². The Morgan fingerprint density at radius 2 is 2.42 bits per heavy atom. The molecule has 0 radical (unpaired) electrons. The molecule has 0 aliphatic heterocycles. The van der Waals surface area contributed by atoms with E-state index >= 15 is 0 Å². The predicted molar refractivity (Wildman–Crippen MR) is 72.2 cm³/mol. The van der Waals surface area contributed by atoms with Gasteiger partial charge in [0.25, 0.3) is 0 Å². The maximum Gasteiger partial charge on any atom is 0.223 e. The van der Waals surface area contributed by atoms with Crippen molar-refractivity contribution >= 4 is 5.91 Å². The highest BCUT2D eigenvalue weighted by Crippen LogP contribution is 2.25. The quantitative estimate of drug-likeness (QED) is 0.844. The molecular formula is C14H21N3O2. The summed E-state index contributed by atoms with van der Waals surface area (Å²) in [5.74, 6) is 0.0759. The van der Waals surface area contributed by atoms with Gasteiger partial charge in [-0.1, -0.05) is 6.07 Å². The van der Waals surface area contributed by atoms with Gasteiger partial charge >= 0.3 is 0 Å². The van der Waals surface area contributed by atoms with E-state index in [1.54, 1.807) is 19.5 Å². The summed E-state index contributed by atoms with van der Waals surface area (Å²) in [6, 6.07) is 3.76. The highest BCUT2D eigenvalue weighted by atomic mass is 16.5. The molecule has 1 saturated carbocycles. The van der Waals surface area contributed by atoms with Crippen LogP contribution in [-0.4, -0.2) is 30.1 Å². The van der Waals surface area contributed by atoms with Gasteiger partial charge in [-0.2, -0.15) is 0 Å². The van der Waals surface area contributed by atoms with Crippen LogP contribution in [-0.2, 0) is 16.1 Å². The number of nitrogens with zero attached hydrogens (tertiary/aromatic N) is 1. The Kier molecular flexibility index (Phi) is 4.87. The molecule has 2 rings (SSSR count). The molecule has 1 amide bonds. The molecule has 1 aromatic heterocycles. The molecule has 0 bridgehead atoms. The van der Waals surface area contributed by atoms with Crippen LogP contribution >= 0.6 is 0 Å². The molecule has 3 N–H and O–H groups in total. The van der Waals surface area contributed by atoms with Crippen LogP contribution in [0, 0.1) is 5.92 Å². The number of aromatic nitrogens is 1. The van der Waals surface area contributed by atoms with Gasteiger partial charge in [0.1, 0.15) is 0 Å². The lowest BCUT2D eigenvalue weighted by molar-refractivity contribution is -0.127. The van der Waals surface area contributed by atoms with Crippen molar-refractivity contribution in [3.05, 3.63) is 30.1 Å². The molecule has 5 nitrogen and oxygen atoms in total. The molecule has 1 fully saturated rings. The summed E-state index contributed by atoms with van der Waals surface area (Å²) < 4.78 is 5.30. The van der Waals surface area contributed by atoms with E-state index in [-0.39, 0.29) is 24.0 Å². The number of rotatable bonds is 4. The van der Waals surface area contributed by atoms with Gasteiger partial charge in [-0.25, -0.2) is 0 Å². The Balaban J connectivity index is 1.81. The second kappa shape index (κ2) is 6.63. The molecule has 0 saturated heterocycles. The number of nitrogens with two attached hydrogens (primary N) is 1. The number of methoxy groups -OCH3 is 1. The van der Waals surface area contributed by atoms with E-state index in [9.17, 15) is 4.79 Å². The molecule has 19 heavy (non-hydrogen) atoms. The minimum Gasteiger partial charge on any atom is -0.380 e. The van der Waals surface area contributed by atoms with Crippen LogP contribution in [0.4, 0.5) is 0 Å². The van der Waals surface area contributed by atoms with Gasteiger partial charge < -0.3 is 15.8 Å². The Morgan fingerprint density at radius 3 is 3.05 bits per heavy atom. The van der Waals surface area contributed by atoms with E-state index in [1.807, 2.05) is 12.1 Å². The first-order valence-corrected chi connectivity index (χ1v) is 6.65. The molecule has 0 spiro atoms. The Bertz CT molecular complexity index is 410. The lowest BCUT2D eigenvalue weighted by Gasteiger charge is -2.32. The number of ether oxygens (including phenoxy) is 1. The van der Waals surface area contributed by atoms with Crippen molar-refractivity contribution in [1.29, 1.82) is 0 Å².